The first-order valence-electron chi connectivity index (χ1n) is 18.0. The first-order chi connectivity index (χ1) is 24.1. The van der Waals surface area contributed by atoms with Gasteiger partial charge in [0.1, 0.15) is 17.8 Å². The number of sulfone groups is 1. The first kappa shape index (κ1) is 34.6. The maximum atomic E-state index is 14.7. The molecule has 4 fully saturated rings. The Bertz CT molecular complexity index is 1870. The van der Waals surface area contributed by atoms with Gasteiger partial charge in [-0.3, -0.25) is 4.79 Å². The lowest BCUT2D eigenvalue weighted by atomic mass is 9.85. The molecule has 2 aromatic heterocycles. The molecule has 1 aromatic carbocycles. The molecule has 0 unspecified atom stereocenters. The van der Waals surface area contributed by atoms with Gasteiger partial charge in [0, 0.05) is 62.7 Å². The molecule has 4 saturated heterocycles. The van der Waals surface area contributed by atoms with Crippen LogP contribution in [0.5, 0.6) is 0 Å². The maximum Gasteiger partial charge on any atom is 0.246 e. The summed E-state index contributed by atoms with van der Waals surface area (Å²) in [5.74, 6) is 2.06. The second kappa shape index (κ2) is 14.1. The average molecular weight is 706 g/mol. The second-order valence-corrected chi connectivity index (χ2v) is 16.9. The number of carbonyl (C=O) groups excluding carboxylic acids is 1. The highest BCUT2D eigenvalue weighted by Gasteiger charge is 2.43. The standard InChI is InChI=1S/C37H48FN7O4S/c1-5-35(46)45-14-8-9-29(45)26-17-30(44-20-24(21-44)32-10-6-7-16-50(32,47)48)27-19-40-34(18-25(27)36(26)23(2)3)41-33-11-13-39-37(42-33)43-15-12-31(49-4)28(38)22-43/h5,11,13,17-19,23-24,28-29,31-32H,1,6-10,12,14-16,20-22H2,2-4H3,(H,39,40,41,42)/t28-,29+,31+,32-/m0/s1. The highest BCUT2D eigenvalue weighted by atomic mass is 32.2. The number of nitrogens with one attached hydrogen (secondary N) is 1. The number of hydrogen-bond acceptors (Lipinski definition) is 10. The third kappa shape index (κ3) is 6.54. The summed E-state index contributed by atoms with van der Waals surface area (Å²) in [7, 11) is -1.54. The van der Waals surface area contributed by atoms with Crippen molar-refractivity contribution in [2.45, 2.75) is 81.9 Å². The summed E-state index contributed by atoms with van der Waals surface area (Å²) in [6.45, 7) is 10.9. The van der Waals surface area contributed by atoms with Crippen LogP contribution in [-0.2, 0) is 19.4 Å². The van der Waals surface area contributed by atoms with E-state index in [9.17, 15) is 17.6 Å². The molecule has 0 bridgehead atoms. The Morgan fingerprint density at radius 3 is 2.58 bits per heavy atom. The Morgan fingerprint density at radius 2 is 1.86 bits per heavy atom. The minimum atomic E-state index is -3.08. The third-order valence-electron chi connectivity index (χ3n) is 11.1. The number of benzene rings is 1. The summed E-state index contributed by atoms with van der Waals surface area (Å²) < 4.78 is 45.9. The Labute approximate surface area is 294 Å². The predicted octanol–water partition coefficient (Wildman–Crippen LogP) is 5.71. The van der Waals surface area contributed by atoms with E-state index in [-0.39, 0.29) is 41.3 Å². The second-order valence-electron chi connectivity index (χ2n) is 14.5. The molecule has 0 spiro atoms. The number of carbonyl (C=O) groups is 1. The molecule has 1 amide bonds. The molecule has 1 N–H and O–H groups in total. The molecular weight excluding hydrogens is 658 g/mol. The maximum absolute atomic E-state index is 14.7. The molecule has 268 valence electrons. The van der Waals surface area contributed by atoms with E-state index in [1.807, 2.05) is 16.0 Å². The fourth-order valence-corrected chi connectivity index (χ4v) is 10.7. The van der Waals surface area contributed by atoms with E-state index < -0.39 is 22.1 Å². The average Bonchev–Trinajstić information content (AvgIpc) is 3.57. The summed E-state index contributed by atoms with van der Waals surface area (Å²) >= 11 is 0. The fraction of sp³-hybridized carbons (Fsp3) is 0.568. The van der Waals surface area contributed by atoms with Crippen molar-refractivity contribution in [3.8, 4) is 0 Å². The van der Waals surface area contributed by atoms with Crippen LogP contribution >= 0.6 is 0 Å². The van der Waals surface area contributed by atoms with Crippen LogP contribution < -0.4 is 15.1 Å². The summed E-state index contributed by atoms with van der Waals surface area (Å²) in [6, 6.07) is 5.97. The summed E-state index contributed by atoms with van der Waals surface area (Å²) in [5, 5.41) is 5.11. The number of pyridine rings is 1. The molecule has 13 heteroatoms. The molecular formula is C37H48FN7O4S. The highest BCUT2D eigenvalue weighted by molar-refractivity contribution is 7.92. The van der Waals surface area contributed by atoms with E-state index in [1.54, 1.807) is 12.3 Å². The van der Waals surface area contributed by atoms with Crippen LogP contribution in [0.15, 0.2) is 43.2 Å². The van der Waals surface area contributed by atoms with Crippen LogP contribution in [0.2, 0.25) is 0 Å². The zero-order valence-corrected chi connectivity index (χ0v) is 30.0. The quantitative estimate of drug-likeness (QED) is 0.277. The predicted molar refractivity (Wildman–Crippen MR) is 195 cm³/mol. The minimum absolute atomic E-state index is 0.0717. The number of fused-ring (bicyclic) bond motifs is 1. The van der Waals surface area contributed by atoms with Gasteiger partial charge in [-0.1, -0.05) is 26.8 Å². The number of piperidine rings is 1. The molecule has 0 aliphatic carbocycles. The largest absolute Gasteiger partial charge is 0.378 e. The van der Waals surface area contributed by atoms with Crippen molar-refractivity contribution in [2.75, 3.05) is 60.7 Å². The van der Waals surface area contributed by atoms with Crippen molar-refractivity contribution in [3.05, 3.63) is 54.4 Å². The van der Waals surface area contributed by atoms with Crippen LogP contribution in [0.3, 0.4) is 0 Å². The van der Waals surface area contributed by atoms with Gasteiger partial charge in [-0.2, -0.15) is 4.98 Å². The molecule has 0 radical (unpaired) electrons. The summed E-state index contributed by atoms with van der Waals surface area (Å²) in [4.78, 5) is 33.1. The van der Waals surface area contributed by atoms with Gasteiger partial charge < -0.3 is 24.8 Å². The number of alkyl halides is 1. The van der Waals surface area contributed by atoms with Gasteiger partial charge in [0.15, 0.2) is 9.84 Å². The molecule has 3 aromatic rings. The monoisotopic (exact) mass is 705 g/mol. The van der Waals surface area contributed by atoms with Crippen LogP contribution in [0, 0.1) is 5.92 Å². The highest BCUT2D eigenvalue weighted by Crippen LogP contribution is 2.46. The van der Waals surface area contributed by atoms with Crippen molar-refractivity contribution in [3.63, 3.8) is 0 Å². The summed E-state index contributed by atoms with van der Waals surface area (Å²) in [5.41, 5.74) is 3.30. The van der Waals surface area contributed by atoms with Gasteiger partial charge in [-0.25, -0.2) is 22.8 Å². The third-order valence-corrected chi connectivity index (χ3v) is 13.5. The van der Waals surface area contributed by atoms with E-state index in [4.69, 9.17) is 14.7 Å². The topological polar surface area (TPSA) is 121 Å². The Balaban J connectivity index is 1.25. The number of methoxy groups -OCH3 is 1. The molecule has 4 atom stereocenters. The van der Waals surface area contributed by atoms with E-state index in [0.29, 0.717) is 50.2 Å². The van der Waals surface area contributed by atoms with E-state index in [2.05, 4.69) is 47.8 Å². The number of anilines is 4. The Kier molecular flexibility index (Phi) is 9.73. The Hall–Kier alpha value is -3.84. The summed E-state index contributed by atoms with van der Waals surface area (Å²) in [6.07, 6.45) is 8.17. The molecule has 50 heavy (non-hydrogen) atoms. The number of aromatic nitrogens is 3. The van der Waals surface area contributed by atoms with Crippen molar-refractivity contribution >= 4 is 49.8 Å². The van der Waals surface area contributed by atoms with Crippen LogP contribution in [0.4, 0.5) is 27.7 Å². The number of ether oxygens (including phenoxy) is 1. The van der Waals surface area contributed by atoms with Crippen molar-refractivity contribution < 1.29 is 22.3 Å². The number of rotatable bonds is 9. The molecule has 0 saturated carbocycles. The van der Waals surface area contributed by atoms with E-state index in [1.165, 1.54) is 13.2 Å². The number of amides is 1. The first-order valence-corrected chi connectivity index (χ1v) is 19.7. The SMILES string of the molecule is C=CC(=O)N1CCC[C@@H]1c1cc(N2CC([C@@H]3CCCCS3(=O)=O)C2)c2cnc(Nc3ccnc(N4CC[C@@H](OC)[C@@H](F)C4)n3)cc2c1C(C)C. The van der Waals surface area contributed by atoms with Crippen molar-refractivity contribution in [1.82, 2.24) is 19.9 Å². The van der Waals surface area contributed by atoms with Gasteiger partial charge in [0.05, 0.1) is 29.7 Å². The number of nitrogens with zero attached hydrogens (tertiary/aromatic N) is 6. The normalized spacial score (nSPS) is 25.6. The molecule has 4 aliphatic heterocycles. The molecule has 4 aliphatic rings. The van der Waals surface area contributed by atoms with Gasteiger partial charge >= 0.3 is 0 Å². The van der Waals surface area contributed by atoms with Crippen molar-refractivity contribution in [2.24, 2.45) is 5.92 Å². The smallest absolute Gasteiger partial charge is 0.246 e. The van der Waals surface area contributed by atoms with Gasteiger partial charge in [-0.15, -0.1) is 0 Å². The Morgan fingerprint density at radius 1 is 1.04 bits per heavy atom. The lowest BCUT2D eigenvalue weighted by molar-refractivity contribution is -0.126. The van der Waals surface area contributed by atoms with Crippen LogP contribution in [0.25, 0.3) is 10.8 Å². The van der Waals surface area contributed by atoms with E-state index in [0.717, 1.165) is 59.7 Å². The molecule has 6 heterocycles. The lowest BCUT2D eigenvalue weighted by Gasteiger charge is -2.46. The number of halogens is 1. The van der Waals surface area contributed by atoms with Crippen LogP contribution in [0.1, 0.15) is 75.5 Å². The van der Waals surface area contributed by atoms with Gasteiger partial charge in [0.2, 0.25) is 11.9 Å². The fourth-order valence-electron chi connectivity index (χ4n) is 8.55. The van der Waals surface area contributed by atoms with E-state index >= 15 is 0 Å². The van der Waals surface area contributed by atoms with Crippen molar-refractivity contribution in [1.29, 1.82) is 0 Å². The van der Waals surface area contributed by atoms with Gasteiger partial charge in [-0.05, 0) is 78.8 Å². The lowest BCUT2D eigenvalue weighted by Crippen LogP contribution is -2.55. The van der Waals surface area contributed by atoms with Gasteiger partial charge in [0.25, 0.3) is 0 Å². The number of hydrogen-bond donors (Lipinski definition) is 1. The molecule has 11 nitrogen and oxygen atoms in total. The molecule has 7 rings (SSSR count). The van der Waals surface area contributed by atoms with Crippen LogP contribution in [-0.4, -0.2) is 97.3 Å². The number of likely N-dealkylation sites (tertiary alicyclic amines) is 1. The minimum Gasteiger partial charge on any atom is -0.378 e. The zero-order chi connectivity index (χ0) is 35.2. The zero-order valence-electron chi connectivity index (χ0n) is 29.2.